The molecule has 0 amide bonds. The van der Waals surface area contributed by atoms with Gasteiger partial charge >= 0.3 is 12.1 Å². The van der Waals surface area contributed by atoms with Crippen LogP contribution in [0.2, 0.25) is 0 Å². The van der Waals surface area contributed by atoms with Crippen molar-refractivity contribution in [3.63, 3.8) is 0 Å². The highest BCUT2D eigenvalue weighted by Gasteiger charge is 2.47. The number of methoxy groups -OCH3 is 1. The van der Waals surface area contributed by atoms with E-state index in [2.05, 4.69) is 4.98 Å². The van der Waals surface area contributed by atoms with Crippen molar-refractivity contribution >= 4 is 25.6 Å². The summed E-state index contributed by atoms with van der Waals surface area (Å²) in [6, 6.07) is 3.69. The van der Waals surface area contributed by atoms with E-state index in [1.54, 1.807) is 0 Å². The third-order valence-electron chi connectivity index (χ3n) is 5.59. The quantitative estimate of drug-likeness (QED) is 0.632. The van der Waals surface area contributed by atoms with Crippen LogP contribution in [0.3, 0.4) is 0 Å². The van der Waals surface area contributed by atoms with Crippen molar-refractivity contribution in [3.05, 3.63) is 42.2 Å². The van der Waals surface area contributed by atoms with Crippen molar-refractivity contribution in [3.8, 4) is 11.1 Å². The molecular formula is C20H20F3NO7S2. The second-order valence-corrected chi connectivity index (χ2v) is 12.0. The van der Waals surface area contributed by atoms with E-state index in [9.17, 15) is 39.9 Å². The molecule has 3 rings (SSSR count). The van der Waals surface area contributed by atoms with E-state index < -0.39 is 59.6 Å². The van der Waals surface area contributed by atoms with E-state index >= 15 is 0 Å². The number of carboxylic acid groups (broad SMARTS) is 1. The standard InChI is InChI=1S/C20H20F3NO7S2/c1-31-17-8-13(7-15(17)19(25)26)33(29,30)18-4-3-11(6-16(18)20(21,22)23)12-5-14(10-24-9-12)32(2,27)28/h3-6,9-10,13,15,17H,7-8H2,1-2H3,(H,25,26)/t13-,15-,17-/m0/s1. The number of halogens is 3. The normalized spacial score (nSPS) is 21.8. The van der Waals surface area contributed by atoms with Gasteiger partial charge in [-0.15, -0.1) is 0 Å². The first-order valence-electron chi connectivity index (χ1n) is 9.52. The Morgan fingerprint density at radius 1 is 1.09 bits per heavy atom. The zero-order chi connectivity index (χ0) is 24.8. The predicted molar refractivity (Wildman–Crippen MR) is 110 cm³/mol. The van der Waals surface area contributed by atoms with Crippen LogP contribution in [-0.2, 0) is 35.4 Å². The maximum Gasteiger partial charge on any atom is 0.417 e. The molecule has 0 spiro atoms. The summed E-state index contributed by atoms with van der Waals surface area (Å²) in [5.41, 5.74) is -1.46. The van der Waals surface area contributed by atoms with Crippen LogP contribution in [0.25, 0.3) is 11.1 Å². The maximum atomic E-state index is 13.9. The fourth-order valence-corrected chi connectivity index (χ4v) is 6.46. The summed E-state index contributed by atoms with van der Waals surface area (Å²) in [5, 5.41) is 7.92. The monoisotopic (exact) mass is 507 g/mol. The number of nitrogens with zero attached hydrogens (tertiary/aromatic N) is 1. The zero-order valence-electron chi connectivity index (χ0n) is 17.4. The van der Waals surface area contributed by atoms with Crippen LogP contribution in [0.1, 0.15) is 18.4 Å². The first-order chi connectivity index (χ1) is 15.2. The number of ether oxygens (including phenoxy) is 1. The van der Waals surface area contributed by atoms with Crippen LogP contribution in [0.15, 0.2) is 46.5 Å². The molecule has 13 heteroatoms. The molecule has 0 radical (unpaired) electrons. The van der Waals surface area contributed by atoms with E-state index in [0.717, 1.165) is 36.8 Å². The van der Waals surface area contributed by atoms with Gasteiger partial charge in [-0.25, -0.2) is 16.8 Å². The van der Waals surface area contributed by atoms with Crippen LogP contribution in [0.4, 0.5) is 13.2 Å². The number of sulfone groups is 2. The van der Waals surface area contributed by atoms with Crippen LogP contribution in [0, 0.1) is 5.92 Å². The van der Waals surface area contributed by atoms with E-state index in [-0.39, 0.29) is 28.9 Å². The second-order valence-electron chi connectivity index (χ2n) is 7.75. The number of pyridine rings is 1. The fourth-order valence-electron chi connectivity index (χ4n) is 3.87. The second kappa shape index (κ2) is 8.69. The summed E-state index contributed by atoms with van der Waals surface area (Å²) in [4.78, 5) is 14.0. The molecule has 0 unspecified atom stereocenters. The molecule has 0 aliphatic heterocycles. The Hall–Kier alpha value is -2.51. The Morgan fingerprint density at radius 3 is 2.27 bits per heavy atom. The first kappa shape index (κ1) is 25.1. The van der Waals surface area contributed by atoms with Gasteiger partial charge in [0.1, 0.15) is 0 Å². The lowest BCUT2D eigenvalue weighted by Gasteiger charge is -2.18. The number of benzene rings is 1. The number of rotatable bonds is 6. The smallest absolute Gasteiger partial charge is 0.417 e. The van der Waals surface area contributed by atoms with Gasteiger partial charge in [0.2, 0.25) is 0 Å². The van der Waals surface area contributed by atoms with Crippen molar-refractivity contribution in [2.75, 3.05) is 13.4 Å². The molecule has 180 valence electrons. The lowest BCUT2D eigenvalue weighted by Crippen LogP contribution is -2.24. The van der Waals surface area contributed by atoms with Crippen LogP contribution < -0.4 is 0 Å². The number of carbonyl (C=O) groups is 1. The van der Waals surface area contributed by atoms with E-state index in [4.69, 9.17) is 4.74 Å². The minimum absolute atomic E-state index is 0.0543. The van der Waals surface area contributed by atoms with Crippen molar-refractivity contribution in [2.24, 2.45) is 5.92 Å². The van der Waals surface area contributed by atoms with Crippen molar-refractivity contribution in [1.82, 2.24) is 4.98 Å². The van der Waals surface area contributed by atoms with Gasteiger partial charge in [0.05, 0.1) is 32.6 Å². The molecule has 1 saturated carbocycles. The fraction of sp³-hybridized carbons (Fsp3) is 0.400. The molecule has 1 aromatic heterocycles. The third kappa shape index (κ3) is 5.04. The number of hydrogen-bond acceptors (Lipinski definition) is 7. The summed E-state index contributed by atoms with van der Waals surface area (Å²) < 4.78 is 96.4. The maximum absolute atomic E-state index is 13.9. The van der Waals surface area contributed by atoms with Crippen molar-refractivity contribution in [1.29, 1.82) is 0 Å². The van der Waals surface area contributed by atoms with Crippen LogP contribution in [0.5, 0.6) is 0 Å². The molecule has 33 heavy (non-hydrogen) atoms. The zero-order valence-corrected chi connectivity index (χ0v) is 19.0. The molecule has 1 fully saturated rings. The lowest BCUT2D eigenvalue weighted by atomic mass is 10.0. The highest BCUT2D eigenvalue weighted by molar-refractivity contribution is 7.92. The van der Waals surface area contributed by atoms with Crippen molar-refractivity contribution < 1.29 is 44.6 Å². The number of aliphatic carboxylic acids is 1. The molecule has 1 heterocycles. The number of alkyl halides is 3. The van der Waals surface area contributed by atoms with E-state index in [0.29, 0.717) is 6.07 Å². The first-order valence-corrected chi connectivity index (χ1v) is 13.0. The van der Waals surface area contributed by atoms with Gasteiger partial charge in [0.15, 0.2) is 19.7 Å². The van der Waals surface area contributed by atoms with Gasteiger partial charge in [-0.2, -0.15) is 13.2 Å². The van der Waals surface area contributed by atoms with Gasteiger partial charge < -0.3 is 9.84 Å². The highest BCUT2D eigenvalue weighted by Crippen LogP contribution is 2.42. The minimum atomic E-state index is -5.05. The van der Waals surface area contributed by atoms with E-state index in [1.165, 1.54) is 7.11 Å². The molecule has 3 atom stereocenters. The lowest BCUT2D eigenvalue weighted by molar-refractivity contribution is -0.145. The average Bonchev–Trinajstić information content (AvgIpc) is 3.18. The third-order valence-corrected chi connectivity index (χ3v) is 8.90. The Balaban J connectivity index is 2.10. The van der Waals surface area contributed by atoms with Gasteiger partial charge in [-0.1, -0.05) is 6.07 Å². The average molecular weight is 508 g/mol. The van der Waals surface area contributed by atoms with Gasteiger partial charge in [0, 0.05) is 31.3 Å². The topological polar surface area (TPSA) is 128 Å². The molecule has 1 aromatic carbocycles. The molecule has 1 N–H and O–H groups in total. The molecule has 2 aromatic rings. The summed E-state index contributed by atoms with van der Waals surface area (Å²) >= 11 is 0. The molecule has 8 nitrogen and oxygen atoms in total. The van der Waals surface area contributed by atoms with Crippen LogP contribution in [-0.4, -0.2) is 57.6 Å². The van der Waals surface area contributed by atoms with E-state index in [1.807, 2.05) is 0 Å². The number of carboxylic acids is 1. The molecular weight excluding hydrogens is 487 g/mol. The van der Waals surface area contributed by atoms with Crippen LogP contribution >= 0.6 is 0 Å². The largest absolute Gasteiger partial charge is 0.481 e. The Bertz CT molecular complexity index is 1290. The Kier molecular flexibility index (Phi) is 6.61. The van der Waals surface area contributed by atoms with Gasteiger partial charge in [-0.05, 0) is 36.6 Å². The Labute approximate surface area is 188 Å². The molecule has 1 aliphatic carbocycles. The number of hydrogen-bond donors (Lipinski definition) is 1. The van der Waals surface area contributed by atoms with Crippen molar-refractivity contribution in [2.45, 2.75) is 40.2 Å². The molecule has 0 bridgehead atoms. The molecule has 0 saturated heterocycles. The summed E-state index contributed by atoms with van der Waals surface area (Å²) in [5.74, 6) is -2.45. The summed E-state index contributed by atoms with van der Waals surface area (Å²) in [7, 11) is -7.03. The highest BCUT2D eigenvalue weighted by atomic mass is 32.2. The van der Waals surface area contributed by atoms with Gasteiger partial charge in [-0.3, -0.25) is 9.78 Å². The minimum Gasteiger partial charge on any atom is -0.481 e. The SMILES string of the molecule is CO[C@H]1C[C@@H](S(=O)(=O)c2ccc(-c3cncc(S(C)(=O)=O)c3)cc2C(F)(F)F)C[C@@H]1C(=O)O. The summed E-state index contributed by atoms with van der Waals surface area (Å²) in [6.45, 7) is 0. The molecule has 1 aliphatic rings. The predicted octanol–water partition coefficient (Wildman–Crippen LogP) is 2.82. The van der Waals surface area contributed by atoms with Gasteiger partial charge in [0.25, 0.3) is 0 Å². The number of aromatic nitrogens is 1. The summed E-state index contributed by atoms with van der Waals surface area (Å²) in [6.07, 6.45) is -3.50. The Morgan fingerprint density at radius 2 is 1.76 bits per heavy atom.